The summed E-state index contributed by atoms with van der Waals surface area (Å²) in [4.78, 5) is 24.0. The van der Waals surface area contributed by atoms with Gasteiger partial charge < -0.3 is 15.4 Å². The first-order valence-corrected chi connectivity index (χ1v) is 7.36. The number of hydrogen-bond acceptors (Lipinski definition) is 3. The fourth-order valence-electron chi connectivity index (χ4n) is 1.97. The summed E-state index contributed by atoms with van der Waals surface area (Å²) < 4.78 is 4.96. The van der Waals surface area contributed by atoms with Crippen LogP contribution in [-0.2, 0) is 16.1 Å². The van der Waals surface area contributed by atoms with Gasteiger partial charge in [-0.2, -0.15) is 0 Å². The molecule has 2 N–H and O–H groups in total. The number of benzene rings is 2. The van der Waals surface area contributed by atoms with Crippen molar-refractivity contribution in [3.8, 4) is 0 Å². The highest BCUT2D eigenvalue weighted by Crippen LogP contribution is 2.12. The number of carbonyl (C=O) groups excluding carboxylic acids is 2. The van der Waals surface area contributed by atoms with Gasteiger partial charge in [0.2, 0.25) is 0 Å². The average molecular weight is 312 g/mol. The molecule has 5 nitrogen and oxygen atoms in total. The van der Waals surface area contributed by atoms with E-state index in [1.807, 2.05) is 30.3 Å². The van der Waals surface area contributed by atoms with Gasteiger partial charge >= 0.3 is 0 Å². The number of anilines is 1. The maximum absolute atomic E-state index is 12.2. The van der Waals surface area contributed by atoms with Gasteiger partial charge in [-0.15, -0.1) is 0 Å². The van der Waals surface area contributed by atoms with E-state index < -0.39 is 6.10 Å². The van der Waals surface area contributed by atoms with E-state index in [0.29, 0.717) is 17.8 Å². The van der Waals surface area contributed by atoms with Crippen LogP contribution in [0.15, 0.2) is 54.6 Å². The molecule has 2 amide bonds. The minimum Gasteiger partial charge on any atom is -0.372 e. The molecule has 0 aliphatic heterocycles. The Hall–Kier alpha value is -2.66. The maximum atomic E-state index is 12.2. The van der Waals surface area contributed by atoms with Crippen molar-refractivity contribution in [3.05, 3.63) is 65.7 Å². The number of amides is 2. The molecule has 1 atom stereocenters. The summed E-state index contributed by atoms with van der Waals surface area (Å²) in [6.07, 6.45) is -0.550. The van der Waals surface area contributed by atoms with Crippen molar-refractivity contribution >= 4 is 17.5 Å². The lowest BCUT2D eigenvalue weighted by molar-refractivity contribution is -0.124. The molecule has 2 rings (SSSR count). The van der Waals surface area contributed by atoms with E-state index in [2.05, 4.69) is 10.6 Å². The standard InChI is InChI=1S/C18H20N2O3/c1-13(23-2)17(21)20-16-10-6-9-15(11-16)18(22)19-12-14-7-4-3-5-8-14/h3-11,13H,12H2,1-2H3,(H,19,22)(H,20,21)/t13-/m0/s1. The molecule has 0 heterocycles. The summed E-state index contributed by atoms with van der Waals surface area (Å²) in [7, 11) is 1.47. The first kappa shape index (κ1) is 16.7. The molecular weight excluding hydrogens is 292 g/mol. The Kier molecular flexibility index (Phi) is 5.88. The third kappa shape index (κ3) is 4.93. The second kappa shape index (κ2) is 8.10. The summed E-state index contributed by atoms with van der Waals surface area (Å²) in [6, 6.07) is 16.5. The van der Waals surface area contributed by atoms with Crippen LogP contribution in [0.5, 0.6) is 0 Å². The van der Waals surface area contributed by atoms with Gasteiger partial charge in [0, 0.05) is 24.9 Å². The molecule has 2 aromatic rings. The van der Waals surface area contributed by atoms with E-state index in [1.54, 1.807) is 31.2 Å². The summed E-state index contributed by atoms with van der Waals surface area (Å²) >= 11 is 0. The molecule has 0 unspecified atom stereocenters. The van der Waals surface area contributed by atoms with Crippen molar-refractivity contribution in [2.75, 3.05) is 12.4 Å². The normalized spacial score (nSPS) is 11.6. The van der Waals surface area contributed by atoms with Gasteiger partial charge in [-0.3, -0.25) is 9.59 Å². The van der Waals surface area contributed by atoms with Gasteiger partial charge in [0.05, 0.1) is 0 Å². The van der Waals surface area contributed by atoms with Crippen LogP contribution in [0, 0.1) is 0 Å². The quantitative estimate of drug-likeness (QED) is 0.861. The topological polar surface area (TPSA) is 67.4 Å². The number of rotatable bonds is 6. The van der Waals surface area contributed by atoms with Crippen LogP contribution in [0.3, 0.4) is 0 Å². The third-order valence-electron chi connectivity index (χ3n) is 3.41. The molecule has 0 spiro atoms. The van der Waals surface area contributed by atoms with Gasteiger partial charge in [-0.05, 0) is 30.7 Å². The van der Waals surface area contributed by atoms with Crippen LogP contribution in [-0.4, -0.2) is 25.0 Å². The minimum atomic E-state index is -0.550. The van der Waals surface area contributed by atoms with Crippen molar-refractivity contribution in [3.63, 3.8) is 0 Å². The SMILES string of the molecule is CO[C@@H](C)C(=O)Nc1cccc(C(=O)NCc2ccccc2)c1. The first-order valence-electron chi connectivity index (χ1n) is 7.36. The molecular formula is C18H20N2O3. The lowest BCUT2D eigenvalue weighted by Crippen LogP contribution is -2.27. The van der Waals surface area contributed by atoms with E-state index in [9.17, 15) is 9.59 Å². The minimum absolute atomic E-state index is 0.190. The molecule has 23 heavy (non-hydrogen) atoms. The molecule has 120 valence electrons. The van der Waals surface area contributed by atoms with E-state index in [-0.39, 0.29) is 11.8 Å². The predicted octanol–water partition coefficient (Wildman–Crippen LogP) is 2.59. The van der Waals surface area contributed by atoms with Crippen molar-refractivity contribution in [1.29, 1.82) is 0 Å². The molecule has 0 radical (unpaired) electrons. The smallest absolute Gasteiger partial charge is 0.253 e. The molecule has 0 saturated heterocycles. The summed E-state index contributed by atoms with van der Waals surface area (Å²) in [5.41, 5.74) is 2.08. The van der Waals surface area contributed by atoms with Crippen LogP contribution in [0.2, 0.25) is 0 Å². The Labute approximate surface area is 135 Å². The van der Waals surface area contributed by atoms with Gasteiger partial charge in [0.1, 0.15) is 6.10 Å². The Bertz CT molecular complexity index is 671. The second-order valence-electron chi connectivity index (χ2n) is 5.12. The largest absolute Gasteiger partial charge is 0.372 e. The van der Waals surface area contributed by atoms with E-state index in [4.69, 9.17) is 4.74 Å². The van der Waals surface area contributed by atoms with Crippen LogP contribution in [0.1, 0.15) is 22.8 Å². The summed E-state index contributed by atoms with van der Waals surface area (Å²) in [6.45, 7) is 2.11. The van der Waals surface area contributed by atoms with Crippen molar-refractivity contribution in [2.45, 2.75) is 19.6 Å². The first-order chi connectivity index (χ1) is 11.1. The van der Waals surface area contributed by atoms with Crippen molar-refractivity contribution in [2.24, 2.45) is 0 Å². The number of ether oxygens (including phenoxy) is 1. The van der Waals surface area contributed by atoms with Gasteiger partial charge in [0.25, 0.3) is 11.8 Å². The van der Waals surface area contributed by atoms with Crippen LogP contribution in [0.4, 0.5) is 5.69 Å². The molecule has 5 heteroatoms. The Morgan fingerprint density at radius 3 is 2.52 bits per heavy atom. The van der Waals surface area contributed by atoms with E-state index in [1.165, 1.54) is 7.11 Å². The fraction of sp³-hybridized carbons (Fsp3) is 0.222. The maximum Gasteiger partial charge on any atom is 0.253 e. The van der Waals surface area contributed by atoms with Crippen LogP contribution in [0.25, 0.3) is 0 Å². The molecule has 0 aliphatic rings. The van der Waals surface area contributed by atoms with Gasteiger partial charge in [-0.25, -0.2) is 0 Å². The number of nitrogens with one attached hydrogen (secondary N) is 2. The molecule has 0 saturated carbocycles. The molecule has 2 aromatic carbocycles. The monoisotopic (exact) mass is 312 g/mol. The lowest BCUT2D eigenvalue weighted by atomic mass is 10.1. The highest BCUT2D eigenvalue weighted by atomic mass is 16.5. The molecule has 0 fully saturated rings. The van der Waals surface area contributed by atoms with Crippen LogP contribution >= 0.6 is 0 Å². The predicted molar refractivity (Wildman–Crippen MR) is 89.2 cm³/mol. The Morgan fingerprint density at radius 1 is 1.09 bits per heavy atom. The zero-order valence-corrected chi connectivity index (χ0v) is 13.2. The highest BCUT2D eigenvalue weighted by Gasteiger charge is 2.12. The average Bonchev–Trinajstić information content (AvgIpc) is 2.60. The molecule has 0 bridgehead atoms. The highest BCUT2D eigenvalue weighted by molar-refractivity contribution is 5.98. The van der Waals surface area contributed by atoms with E-state index >= 15 is 0 Å². The summed E-state index contributed by atoms with van der Waals surface area (Å²) in [5, 5.41) is 5.57. The van der Waals surface area contributed by atoms with Crippen molar-refractivity contribution < 1.29 is 14.3 Å². The van der Waals surface area contributed by atoms with Crippen molar-refractivity contribution in [1.82, 2.24) is 5.32 Å². The fourth-order valence-corrected chi connectivity index (χ4v) is 1.97. The Balaban J connectivity index is 1.98. The summed E-state index contributed by atoms with van der Waals surface area (Å²) in [5.74, 6) is -0.445. The van der Waals surface area contributed by atoms with Gasteiger partial charge in [-0.1, -0.05) is 36.4 Å². The third-order valence-corrected chi connectivity index (χ3v) is 3.41. The van der Waals surface area contributed by atoms with Crippen LogP contribution < -0.4 is 10.6 Å². The molecule has 0 aromatic heterocycles. The van der Waals surface area contributed by atoms with Gasteiger partial charge in [0.15, 0.2) is 0 Å². The van der Waals surface area contributed by atoms with E-state index in [0.717, 1.165) is 5.56 Å². The Morgan fingerprint density at radius 2 is 1.83 bits per heavy atom. The second-order valence-corrected chi connectivity index (χ2v) is 5.12. The zero-order valence-electron chi connectivity index (χ0n) is 13.2. The zero-order chi connectivity index (χ0) is 16.7. The lowest BCUT2D eigenvalue weighted by Gasteiger charge is -2.11. The number of methoxy groups -OCH3 is 1. The number of carbonyl (C=O) groups is 2. The molecule has 0 aliphatic carbocycles. The number of hydrogen-bond donors (Lipinski definition) is 2.